The van der Waals surface area contributed by atoms with Crippen molar-refractivity contribution < 1.29 is 4.79 Å². The predicted molar refractivity (Wildman–Crippen MR) is 89.7 cm³/mol. The number of Topliss-reactive ketones (excluding diaryl/α,β-unsaturated/α-hetero) is 1. The average Bonchev–Trinajstić information content (AvgIpc) is 3.04. The fourth-order valence-electron chi connectivity index (χ4n) is 4.06. The van der Waals surface area contributed by atoms with Gasteiger partial charge in [0.05, 0.1) is 6.04 Å². The van der Waals surface area contributed by atoms with Gasteiger partial charge < -0.3 is 5.32 Å². The Morgan fingerprint density at radius 1 is 1.09 bits per heavy atom. The van der Waals surface area contributed by atoms with Gasteiger partial charge in [-0.15, -0.1) is 0 Å². The van der Waals surface area contributed by atoms with Crippen molar-refractivity contribution in [2.24, 2.45) is 5.92 Å². The van der Waals surface area contributed by atoms with Crippen molar-refractivity contribution in [1.29, 1.82) is 0 Å². The zero-order valence-electron chi connectivity index (χ0n) is 12.3. The highest BCUT2D eigenvalue weighted by Gasteiger charge is 2.42. The molecule has 1 N–H and O–H groups in total. The maximum Gasteiger partial charge on any atom is 0.185 e. The zero-order valence-corrected chi connectivity index (χ0v) is 13.0. The normalized spacial score (nSPS) is 26.0. The minimum Gasteiger partial charge on any atom is -0.374 e. The van der Waals surface area contributed by atoms with Crippen molar-refractivity contribution in [3.05, 3.63) is 64.7 Å². The van der Waals surface area contributed by atoms with Crippen LogP contribution in [-0.4, -0.2) is 11.8 Å². The first kappa shape index (κ1) is 13.8. The van der Waals surface area contributed by atoms with Gasteiger partial charge in [0, 0.05) is 16.3 Å². The van der Waals surface area contributed by atoms with Gasteiger partial charge in [-0.05, 0) is 48.4 Å². The molecule has 2 aliphatic rings. The Balaban J connectivity index is 1.73. The van der Waals surface area contributed by atoms with Crippen LogP contribution in [0.15, 0.2) is 48.5 Å². The van der Waals surface area contributed by atoms with E-state index in [-0.39, 0.29) is 11.8 Å². The van der Waals surface area contributed by atoms with E-state index in [1.165, 1.54) is 12.0 Å². The SMILES string of the molecule is O=C(c1ccccc1)[C@@H]1Nc2ccc(Cl)cc2[C@H]2CCC[C@@H]21. The molecule has 3 atom stereocenters. The summed E-state index contributed by atoms with van der Waals surface area (Å²) < 4.78 is 0. The number of rotatable bonds is 2. The number of nitrogens with one attached hydrogen (secondary N) is 1. The molecule has 0 amide bonds. The summed E-state index contributed by atoms with van der Waals surface area (Å²) in [7, 11) is 0. The van der Waals surface area contributed by atoms with E-state index >= 15 is 0 Å². The van der Waals surface area contributed by atoms with Crippen LogP contribution in [-0.2, 0) is 0 Å². The number of ketones is 1. The molecule has 1 fully saturated rings. The summed E-state index contributed by atoms with van der Waals surface area (Å²) in [6, 6.07) is 15.5. The van der Waals surface area contributed by atoms with Crippen LogP contribution in [0.4, 0.5) is 5.69 Å². The number of anilines is 1. The third-order valence-corrected chi connectivity index (χ3v) is 5.30. The average molecular weight is 312 g/mol. The first-order valence-corrected chi connectivity index (χ1v) is 8.27. The van der Waals surface area contributed by atoms with Crippen LogP contribution in [0.5, 0.6) is 0 Å². The van der Waals surface area contributed by atoms with Gasteiger partial charge in [0.1, 0.15) is 0 Å². The number of carbonyl (C=O) groups is 1. The molecule has 0 bridgehead atoms. The molecule has 0 unspecified atom stereocenters. The predicted octanol–water partition coefficient (Wildman–Crippen LogP) is 4.90. The molecule has 2 nitrogen and oxygen atoms in total. The van der Waals surface area contributed by atoms with Gasteiger partial charge >= 0.3 is 0 Å². The molecule has 2 aromatic carbocycles. The monoisotopic (exact) mass is 311 g/mol. The number of hydrogen-bond donors (Lipinski definition) is 1. The van der Waals surface area contributed by atoms with Crippen molar-refractivity contribution in [3.8, 4) is 0 Å². The smallest absolute Gasteiger partial charge is 0.185 e. The van der Waals surface area contributed by atoms with Crippen LogP contribution < -0.4 is 5.32 Å². The summed E-state index contributed by atoms with van der Waals surface area (Å²) >= 11 is 6.17. The number of benzene rings is 2. The van der Waals surface area contributed by atoms with Crippen LogP contribution in [0.2, 0.25) is 5.02 Å². The van der Waals surface area contributed by atoms with Gasteiger partial charge in [-0.25, -0.2) is 0 Å². The highest BCUT2D eigenvalue weighted by Crippen LogP contribution is 2.49. The highest BCUT2D eigenvalue weighted by molar-refractivity contribution is 6.30. The molecule has 1 heterocycles. The Hall–Kier alpha value is -1.80. The first-order valence-electron chi connectivity index (χ1n) is 7.89. The Morgan fingerprint density at radius 3 is 2.73 bits per heavy atom. The second-order valence-corrected chi connectivity index (χ2v) is 6.72. The quantitative estimate of drug-likeness (QED) is 0.799. The van der Waals surface area contributed by atoms with E-state index in [1.54, 1.807) is 0 Å². The third-order valence-electron chi connectivity index (χ3n) is 5.06. The van der Waals surface area contributed by atoms with E-state index in [0.717, 1.165) is 29.1 Å². The molecular weight excluding hydrogens is 294 g/mol. The summed E-state index contributed by atoms with van der Waals surface area (Å²) in [5.41, 5.74) is 3.15. The fraction of sp³-hybridized carbons (Fsp3) is 0.316. The summed E-state index contributed by atoms with van der Waals surface area (Å²) in [4.78, 5) is 12.9. The maximum atomic E-state index is 12.9. The highest BCUT2D eigenvalue weighted by atomic mass is 35.5. The minimum atomic E-state index is -0.122. The number of fused-ring (bicyclic) bond motifs is 3. The molecule has 22 heavy (non-hydrogen) atoms. The van der Waals surface area contributed by atoms with Crippen molar-refractivity contribution in [1.82, 2.24) is 0 Å². The molecule has 1 aliphatic heterocycles. The van der Waals surface area contributed by atoms with E-state index < -0.39 is 0 Å². The Kier molecular flexibility index (Phi) is 3.42. The lowest BCUT2D eigenvalue weighted by molar-refractivity contribution is 0.0936. The van der Waals surface area contributed by atoms with Crippen LogP contribution in [0.3, 0.4) is 0 Å². The van der Waals surface area contributed by atoms with Crippen LogP contribution in [0.1, 0.15) is 41.1 Å². The number of halogens is 1. The molecule has 3 heteroatoms. The standard InChI is InChI=1S/C19H18ClNO/c20-13-9-10-17-16(11-13)14-7-4-8-15(14)18(21-17)19(22)12-5-2-1-3-6-12/h1-3,5-6,9-11,14-15,18,21H,4,7-8H2/t14-,15-,18+/m0/s1. The summed E-state index contributed by atoms with van der Waals surface area (Å²) in [6.45, 7) is 0. The topological polar surface area (TPSA) is 29.1 Å². The Morgan fingerprint density at radius 2 is 1.91 bits per heavy atom. The molecule has 0 spiro atoms. The molecule has 2 aromatic rings. The number of hydrogen-bond acceptors (Lipinski definition) is 2. The van der Waals surface area contributed by atoms with Crippen LogP contribution in [0, 0.1) is 5.92 Å². The molecule has 0 aromatic heterocycles. The molecule has 0 radical (unpaired) electrons. The first-order chi connectivity index (χ1) is 10.7. The lowest BCUT2D eigenvalue weighted by Crippen LogP contribution is -2.41. The van der Waals surface area contributed by atoms with Gasteiger partial charge in [-0.3, -0.25) is 4.79 Å². The zero-order chi connectivity index (χ0) is 15.1. The minimum absolute atomic E-state index is 0.122. The molecule has 1 saturated carbocycles. The summed E-state index contributed by atoms with van der Waals surface area (Å²) in [6.07, 6.45) is 3.44. The fourth-order valence-corrected chi connectivity index (χ4v) is 4.24. The van der Waals surface area contributed by atoms with E-state index in [9.17, 15) is 4.79 Å². The molecular formula is C19H18ClNO. The van der Waals surface area contributed by atoms with E-state index in [0.29, 0.717) is 11.8 Å². The van der Waals surface area contributed by atoms with Crippen molar-refractivity contribution in [2.45, 2.75) is 31.2 Å². The van der Waals surface area contributed by atoms with Crippen LogP contribution >= 0.6 is 11.6 Å². The van der Waals surface area contributed by atoms with Crippen molar-refractivity contribution in [2.75, 3.05) is 5.32 Å². The Bertz CT molecular complexity index is 713. The van der Waals surface area contributed by atoms with Gasteiger partial charge in [0.2, 0.25) is 0 Å². The van der Waals surface area contributed by atoms with Gasteiger partial charge in [0.25, 0.3) is 0 Å². The summed E-state index contributed by atoms with van der Waals surface area (Å²) in [5, 5.41) is 4.26. The Labute approximate surface area is 135 Å². The van der Waals surface area contributed by atoms with Gasteiger partial charge in [-0.2, -0.15) is 0 Å². The van der Waals surface area contributed by atoms with Gasteiger partial charge in [-0.1, -0.05) is 48.4 Å². The van der Waals surface area contributed by atoms with Crippen LogP contribution in [0.25, 0.3) is 0 Å². The van der Waals surface area contributed by atoms with Crippen molar-refractivity contribution in [3.63, 3.8) is 0 Å². The molecule has 0 saturated heterocycles. The van der Waals surface area contributed by atoms with E-state index in [1.807, 2.05) is 42.5 Å². The molecule has 4 rings (SSSR count). The summed E-state index contributed by atoms with van der Waals surface area (Å²) in [5.74, 6) is 1.03. The largest absolute Gasteiger partial charge is 0.374 e. The third kappa shape index (κ3) is 2.22. The second kappa shape index (κ2) is 5.44. The van der Waals surface area contributed by atoms with Gasteiger partial charge in [0.15, 0.2) is 5.78 Å². The van der Waals surface area contributed by atoms with E-state index in [2.05, 4.69) is 11.4 Å². The molecule has 112 valence electrons. The van der Waals surface area contributed by atoms with Crippen molar-refractivity contribution >= 4 is 23.1 Å². The maximum absolute atomic E-state index is 12.9. The lowest BCUT2D eigenvalue weighted by atomic mass is 9.77. The second-order valence-electron chi connectivity index (χ2n) is 6.29. The lowest BCUT2D eigenvalue weighted by Gasteiger charge is -2.36. The molecule has 1 aliphatic carbocycles. The number of carbonyl (C=O) groups excluding carboxylic acids is 1. The van der Waals surface area contributed by atoms with E-state index in [4.69, 9.17) is 11.6 Å².